The second kappa shape index (κ2) is 4.04. The van der Waals surface area contributed by atoms with Crippen molar-refractivity contribution in [3.05, 3.63) is 0 Å². The van der Waals surface area contributed by atoms with Crippen molar-refractivity contribution in [2.24, 2.45) is 0 Å². The van der Waals surface area contributed by atoms with Crippen LogP contribution in [0.25, 0.3) is 0 Å². The minimum atomic E-state index is -0.170. The molecule has 0 amide bonds. The summed E-state index contributed by atoms with van der Waals surface area (Å²) in [5.74, 6) is 0. The first-order valence-corrected chi connectivity index (χ1v) is 4.26. The highest BCUT2D eigenvalue weighted by Gasteiger charge is 2.28. The van der Waals surface area contributed by atoms with Crippen LogP contribution in [0.1, 0.15) is 19.8 Å². The van der Waals surface area contributed by atoms with Gasteiger partial charge in [-0.1, -0.05) is 6.92 Å². The minimum Gasteiger partial charge on any atom is -0.394 e. The van der Waals surface area contributed by atoms with E-state index in [4.69, 9.17) is 9.84 Å². The number of aliphatic hydroxyl groups excluding tert-OH is 1. The van der Waals surface area contributed by atoms with Crippen LogP contribution in [-0.2, 0) is 4.74 Å². The second-order valence-corrected chi connectivity index (χ2v) is 3.12. The molecule has 1 atom stereocenters. The molecule has 1 saturated heterocycles. The first kappa shape index (κ1) is 8.97. The summed E-state index contributed by atoms with van der Waals surface area (Å²) in [5, 5.41) is 12.4. The summed E-state index contributed by atoms with van der Waals surface area (Å²) in [6.07, 6.45) is 1.96. The van der Waals surface area contributed by atoms with E-state index in [-0.39, 0.29) is 12.1 Å². The topological polar surface area (TPSA) is 41.5 Å². The molecule has 1 aliphatic rings. The number of hydrogen-bond donors (Lipinski definition) is 2. The Hall–Kier alpha value is -0.120. The largest absolute Gasteiger partial charge is 0.394 e. The lowest BCUT2D eigenvalue weighted by atomic mass is 9.99. The molecule has 0 bridgehead atoms. The predicted octanol–water partition coefficient (Wildman–Crippen LogP) is 0.137. The molecule has 1 aliphatic heterocycles. The molecule has 11 heavy (non-hydrogen) atoms. The number of aliphatic hydroxyl groups is 1. The van der Waals surface area contributed by atoms with E-state index in [2.05, 4.69) is 12.2 Å². The quantitative estimate of drug-likeness (QED) is 0.602. The number of ether oxygens (including phenoxy) is 1. The zero-order valence-electron chi connectivity index (χ0n) is 7.10. The number of hydrogen-bond acceptors (Lipinski definition) is 3. The van der Waals surface area contributed by atoms with Gasteiger partial charge in [-0.25, -0.2) is 0 Å². The maximum Gasteiger partial charge on any atom is 0.0670 e. The Balaban J connectivity index is 2.49. The summed E-state index contributed by atoms with van der Waals surface area (Å²) in [6, 6.07) is 0. The Morgan fingerprint density at radius 2 is 2.45 bits per heavy atom. The Kier molecular flexibility index (Phi) is 3.30. The molecule has 0 radical (unpaired) electrons. The highest BCUT2D eigenvalue weighted by Crippen LogP contribution is 2.12. The van der Waals surface area contributed by atoms with E-state index in [1.165, 1.54) is 0 Å². The molecule has 1 heterocycles. The van der Waals surface area contributed by atoms with E-state index in [0.717, 1.165) is 26.0 Å². The fraction of sp³-hybridized carbons (Fsp3) is 1.00. The van der Waals surface area contributed by atoms with Crippen LogP contribution in [0, 0.1) is 0 Å². The fourth-order valence-corrected chi connectivity index (χ4v) is 1.29. The minimum absolute atomic E-state index is 0.170. The van der Waals surface area contributed by atoms with Crippen LogP contribution in [0.4, 0.5) is 0 Å². The van der Waals surface area contributed by atoms with E-state index in [1.807, 2.05) is 0 Å². The van der Waals surface area contributed by atoms with E-state index >= 15 is 0 Å². The normalized spacial score (nSPS) is 33.3. The molecular formula is C8H17NO2. The molecule has 1 fully saturated rings. The zero-order chi connectivity index (χ0) is 8.16. The molecule has 2 N–H and O–H groups in total. The first-order valence-electron chi connectivity index (χ1n) is 4.26. The lowest BCUT2D eigenvalue weighted by Gasteiger charge is -2.29. The molecule has 1 unspecified atom stereocenters. The lowest BCUT2D eigenvalue weighted by Crippen LogP contribution is -2.50. The van der Waals surface area contributed by atoms with Crippen molar-refractivity contribution >= 4 is 0 Å². The summed E-state index contributed by atoms with van der Waals surface area (Å²) < 4.78 is 5.37. The molecular weight excluding hydrogens is 142 g/mol. The van der Waals surface area contributed by atoms with Gasteiger partial charge in [-0.3, -0.25) is 0 Å². The van der Waals surface area contributed by atoms with Crippen LogP contribution in [0.3, 0.4) is 0 Å². The molecule has 0 aromatic heterocycles. The molecule has 1 rings (SSSR count). The zero-order valence-corrected chi connectivity index (χ0v) is 7.10. The van der Waals surface area contributed by atoms with E-state index in [1.54, 1.807) is 0 Å². The molecule has 0 spiro atoms. The van der Waals surface area contributed by atoms with Crippen LogP contribution < -0.4 is 5.32 Å². The number of rotatable bonds is 2. The third-order valence-corrected chi connectivity index (χ3v) is 2.32. The Labute approximate surface area is 67.7 Å². The second-order valence-electron chi connectivity index (χ2n) is 3.12. The highest BCUT2D eigenvalue weighted by atomic mass is 16.5. The van der Waals surface area contributed by atoms with Crippen molar-refractivity contribution in [3.63, 3.8) is 0 Å². The molecule has 0 aliphatic carbocycles. The van der Waals surface area contributed by atoms with Crippen molar-refractivity contribution in [2.75, 3.05) is 26.4 Å². The summed E-state index contributed by atoms with van der Waals surface area (Å²) in [4.78, 5) is 0. The van der Waals surface area contributed by atoms with Gasteiger partial charge in [0.2, 0.25) is 0 Å². The lowest BCUT2D eigenvalue weighted by molar-refractivity contribution is 0.0545. The standard InChI is InChI=1S/C8H17NO2/c1-2-8(6-10)7-11-5-3-4-9-8/h9-10H,2-7H2,1H3. The van der Waals surface area contributed by atoms with Crippen LogP contribution in [0.5, 0.6) is 0 Å². The molecule has 0 saturated carbocycles. The van der Waals surface area contributed by atoms with Gasteiger partial charge in [0, 0.05) is 6.61 Å². The fourth-order valence-electron chi connectivity index (χ4n) is 1.29. The summed E-state index contributed by atoms with van der Waals surface area (Å²) in [5.41, 5.74) is -0.170. The summed E-state index contributed by atoms with van der Waals surface area (Å²) >= 11 is 0. The molecule has 0 aromatic rings. The average molecular weight is 159 g/mol. The Morgan fingerprint density at radius 1 is 1.64 bits per heavy atom. The maximum atomic E-state index is 9.12. The average Bonchev–Trinajstić information content (AvgIpc) is 2.30. The van der Waals surface area contributed by atoms with Crippen LogP contribution in [-0.4, -0.2) is 37.0 Å². The smallest absolute Gasteiger partial charge is 0.0670 e. The van der Waals surface area contributed by atoms with Gasteiger partial charge in [0.15, 0.2) is 0 Å². The SMILES string of the molecule is CCC1(CO)COCCCN1. The van der Waals surface area contributed by atoms with Crippen molar-refractivity contribution in [3.8, 4) is 0 Å². The van der Waals surface area contributed by atoms with Gasteiger partial charge in [0.1, 0.15) is 0 Å². The van der Waals surface area contributed by atoms with E-state index in [9.17, 15) is 0 Å². The Morgan fingerprint density at radius 3 is 3.09 bits per heavy atom. The van der Waals surface area contributed by atoms with Crippen molar-refractivity contribution in [2.45, 2.75) is 25.3 Å². The monoisotopic (exact) mass is 159 g/mol. The van der Waals surface area contributed by atoms with Crippen molar-refractivity contribution < 1.29 is 9.84 Å². The van der Waals surface area contributed by atoms with Crippen molar-refractivity contribution in [1.82, 2.24) is 5.32 Å². The van der Waals surface area contributed by atoms with Gasteiger partial charge in [-0.2, -0.15) is 0 Å². The van der Waals surface area contributed by atoms with E-state index in [0.29, 0.717) is 6.61 Å². The van der Waals surface area contributed by atoms with Gasteiger partial charge in [-0.15, -0.1) is 0 Å². The summed E-state index contributed by atoms with van der Waals surface area (Å²) in [6.45, 7) is 4.64. The molecule has 3 nitrogen and oxygen atoms in total. The maximum absolute atomic E-state index is 9.12. The third kappa shape index (κ3) is 2.15. The van der Waals surface area contributed by atoms with Gasteiger partial charge in [-0.05, 0) is 19.4 Å². The van der Waals surface area contributed by atoms with Crippen molar-refractivity contribution in [1.29, 1.82) is 0 Å². The third-order valence-electron chi connectivity index (χ3n) is 2.32. The van der Waals surface area contributed by atoms with Gasteiger partial charge in [0.05, 0.1) is 18.8 Å². The predicted molar refractivity (Wildman–Crippen MR) is 43.5 cm³/mol. The summed E-state index contributed by atoms with van der Waals surface area (Å²) in [7, 11) is 0. The highest BCUT2D eigenvalue weighted by molar-refractivity contribution is 4.87. The number of nitrogens with one attached hydrogen (secondary N) is 1. The van der Waals surface area contributed by atoms with Gasteiger partial charge < -0.3 is 15.2 Å². The van der Waals surface area contributed by atoms with E-state index < -0.39 is 0 Å². The van der Waals surface area contributed by atoms with Gasteiger partial charge in [0.25, 0.3) is 0 Å². The molecule has 3 heteroatoms. The first-order chi connectivity index (χ1) is 5.33. The molecule has 0 aromatic carbocycles. The molecule has 66 valence electrons. The van der Waals surface area contributed by atoms with Gasteiger partial charge >= 0.3 is 0 Å². The Bertz CT molecular complexity index is 103. The van der Waals surface area contributed by atoms with Crippen LogP contribution in [0.2, 0.25) is 0 Å². The van der Waals surface area contributed by atoms with Crippen LogP contribution in [0.15, 0.2) is 0 Å². The van der Waals surface area contributed by atoms with Crippen LogP contribution >= 0.6 is 0 Å².